The van der Waals surface area contributed by atoms with Gasteiger partial charge in [-0.25, -0.2) is 0 Å². The molecule has 0 amide bonds. The lowest BCUT2D eigenvalue weighted by atomic mass is 10.0. The molecule has 1 saturated carbocycles. The van der Waals surface area contributed by atoms with Gasteiger partial charge in [0, 0.05) is 10.0 Å². The number of hydrogen-bond acceptors (Lipinski definition) is 2. The SMILES string of the molecule is [2H]c1c(Br)ccc(C(C)OC(=O)C2CC2)c1C(F)(F)F. The van der Waals surface area contributed by atoms with E-state index >= 15 is 0 Å². The standard InChI is InChI=1S/C13H12BrF3O2/c1-7(19-12(18)8-2-3-8)10-5-4-9(14)6-11(10)13(15,16)17/h4-8H,2-3H2,1H3/i6D. The number of halogens is 4. The van der Waals surface area contributed by atoms with Crippen LogP contribution < -0.4 is 0 Å². The van der Waals surface area contributed by atoms with Gasteiger partial charge in [0.2, 0.25) is 0 Å². The molecule has 0 bridgehead atoms. The molecule has 1 aromatic carbocycles. The Morgan fingerprint density at radius 3 is 2.68 bits per heavy atom. The van der Waals surface area contributed by atoms with E-state index in [1.807, 2.05) is 0 Å². The summed E-state index contributed by atoms with van der Waals surface area (Å²) in [7, 11) is 0. The third kappa shape index (κ3) is 3.49. The van der Waals surface area contributed by atoms with Gasteiger partial charge in [-0.1, -0.05) is 22.0 Å². The van der Waals surface area contributed by atoms with Gasteiger partial charge >= 0.3 is 12.1 Å². The van der Waals surface area contributed by atoms with Crippen LogP contribution in [0.4, 0.5) is 13.2 Å². The first kappa shape index (κ1) is 13.0. The lowest BCUT2D eigenvalue weighted by Crippen LogP contribution is -2.16. The molecule has 2 nitrogen and oxygen atoms in total. The number of benzene rings is 1. The van der Waals surface area contributed by atoms with Crippen molar-refractivity contribution in [2.24, 2.45) is 5.92 Å². The van der Waals surface area contributed by atoms with Gasteiger partial charge in [-0.2, -0.15) is 13.2 Å². The van der Waals surface area contributed by atoms with Crippen molar-refractivity contribution in [3.63, 3.8) is 0 Å². The molecule has 1 aliphatic carbocycles. The molecule has 1 fully saturated rings. The Morgan fingerprint density at radius 1 is 1.53 bits per heavy atom. The van der Waals surface area contributed by atoms with E-state index in [-0.39, 0.29) is 16.0 Å². The monoisotopic (exact) mass is 337 g/mol. The molecule has 0 aliphatic heterocycles. The van der Waals surface area contributed by atoms with Crippen molar-refractivity contribution in [3.8, 4) is 0 Å². The average Bonchev–Trinajstić information content (AvgIpc) is 3.14. The minimum Gasteiger partial charge on any atom is -0.458 e. The van der Waals surface area contributed by atoms with E-state index in [9.17, 15) is 18.0 Å². The van der Waals surface area contributed by atoms with Crippen LogP contribution >= 0.6 is 15.9 Å². The third-order valence-electron chi connectivity index (χ3n) is 2.87. The fourth-order valence-electron chi connectivity index (χ4n) is 1.71. The second-order valence-corrected chi connectivity index (χ2v) is 5.34. The molecule has 104 valence electrons. The summed E-state index contributed by atoms with van der Waals surface area (Å²) in [6.07, 6.45) is -4.25. The second kappa shape index (κ2) is 5.15. The summed E-state index contributed by atoms with van der Waals surface area (Å²) in [5.74, 6) is -0.655. The summed E-state index contributed by atoms with van der Waals surface area (Å²) < 4.78 is 51.9. The van der Waals surface area contributed by atoms with E-state index in [0.717, 1.165) is 12.8 Å². The zero-order valence-corrected chi connectivity index (χ0v) is 11.6. The van der Waals surface area contributed by atoms with Crippen LogP contribution in [0, 0.1) is 5.92 Å². The molecule has 0 saturated heterocycles. The van der Waals surface area contributed by atoms with Gasteiger partial charge in [0.05, 0.1) is 12.9 Å². The predicted octanol–water partition coefficient (Wildman–Crippen LogP) is 4.48. The van der Waals surface area contributed by atoms with E-state index in [0.29, 0.717) is 0 Å². The smallest absolute Gasteiger partial charge is 0.416 e. The molecule has 0 radical (unpaired) electrons. The highest BCUT2D eigenvalue weighted by molar-refractivity contribution is 9.10. The Labute approximate surface area is 118 Å². The van der Waals surface area contributed by atoms with E-state index in [4.69, 9.17) is 6.11 Å². The molecular formula is C13H12BrF3O2. The Balaban J connectivity index is 2.34. The molecule has 1 unspecified atom stereocenters. The summed E-state index contributed by atoms with van der Waals surface area (Å²) in [5, 5.41) is 0. The number of carbonyl (C=O) groups excluding carboxylic acids is 1. The van der Waals surface area contributed by atoms with Gasteiger partial charge in [-0.15, -0.1) is 0 Å². The summed E-state index contributed by atoms with van der Waals surface area (Å²) >= 11 is 2.91. The van der Waals surface area contributed by atoms with Crippen molar-refractivity contribution in [3.05, 3.63) is 33.8 Å². The van der Waals surface area contributed by atoms with Crippen LogP contribution in [0.5, 0.6) is 0 Å². The Kier molecular flexibility index (Phi) is 3.52. The molecule has 1 aliphatic rings. The van der Waals surface area contributed by atoms with E-state index in [1.54, 1.807) is 0 Å². The molecule has 0 N–H and O–H groups in total. The maximum absolute atomic E-state index is 13.1. The molecule has 2 rings (SSSR count). The Morgan fingerprint density at radius 2 is 2.16 bits per heavy atom. The van der Waals surface area contributed by atoms with Crippen molar-refractivity contribution in [1.82, 2.24) is 0 Å². The number of esters is 1. The first-order chi connectivity index (χ1) is 9.21. The number of alkyl halides is 3. The van der Waals surface area contributed by atoms with Gasteiger partial charge in [-0.3, -0.25) is 4.79 Å². The van der Waals surface area contributed by atoms with Crippen LogP contribution in [-0.4, -0.2) is 5.97 Å². The first-order valence-electron chi connectivity index (χ1n) is 6.28. The maximum atomic E-state index is 13.1. The predicted molar refractivity (Wildman–Crippen MR) is 66.4 cm³/mol. The van der Waals surface area contributed by atoms with Crippen molar-refractivity contribution >= 4 is 21.9 Å². The molecule has 1 atom stereocenters. The molecule has 0 aromatic heterocycles. The zero-order chi connectivity index (χ0) is 15.1. The zero-order valence-electron chi connectivity index (χ0n) is 11.1. The van der Waals surface area contributed by atoms with Gasteiger partial charge < -0.3 is 4.74 Å². The minimum absolute atomic E-state index is 0.0503. The lowest BCUT2D eigenvalue weighted by molar-refractivity contribution is -0.152. The van der Waals surface area contributed by atoms with E-state index in [1.165, 1.54) is 19.1 Å². The average molecular weight is 338 g/mol. The quantitative estimate of drug-likeness (QED) is 0.760. The highest BCUT2D eigenvalue weighted by Crippen LogP contribution is 2.38. The van der Waals surface area contributed by atoms with Crippen molar-refractivity contribution in [2.75, 3.05) is 0 Å². The summed E-state index contributed by atoms with van der Waals surface area (Å²) in [6.45, 7) is 1.39. The second-order valence-electron chi connectivity index (χ2n) is 4.49. The van der Waals surface area contributed by atoms with E-state index < -0.39 is 29.9 Å². The minimum atomic E-state index is -4.67. The van der Waals surface area contributed by atoms with Crippen molar-refractivity contribution in [2.45, 2.75) is 32.0 Å². The lowest BCUT2D eigenvalue weighted by Gasteiger charge is -2.19. The highest BCUT2D eigenvalue weighted by atomic mass is 79.9. The van der Waals surface area contributed by atoms with Gasteiger partial charge in [0.1, 0.15) is 6.10 Å². The van der Waals surface area contributed by atoms with Gasteiger partial charge in [-0.05, 0) is 31.9 Å². The van der Waals surface area contributed by atoms with Gasteiger partial charge in [0.15, 0.2) is 0 Å². The van der Waals surface area contributed by atoms with Crippen LogP contribution in [0.15, 0.2) is 22.6 Å². The number of hydrogen-bond donors (Lipinski definition) is 0. The highest BCUT2D eigenvalue weighted by Gasteiger charge is 2.37. The summed E-state index contributed by atoms with van der Waals surface area (Å²) in [4.78, 5) is 11.5. The Hall–Kier alpha value is -1.04. The van der Waals surface area contributed by atoms with Crippen LogP contribution in [0.1, 0.15) is 38.4 Å². The fraction of sp³-hybridized carbons (Fsp3) is 0.462. The topological polar surface area (TPSA) is 26.3 Å². The number of carbonyl (C=O) groups is 1. The van der Waals surface area contributed by atoms with Crippen LogP contribution in [0.2, 0.25) is 0 Å². The molecule has 19 heavy (non-hydrogen) atoms. The van der Waals surface area contributed by atoms with Crippen LogP contribution in [0.25, 0.3) is 0 Å². The number of rotatable bonds is 3. The van der Waals surface area contributed by atoms with Crippen LogP contribution in [0.3, 0.4) is 0 Å². The van der Waals surface area contributed by atoms with Gasteiger partial charge in [0.25, 0.3) is 0 Å². The molecule has 0 spiro atoms. The largest absolute Gasteiger partial charge is 0.458 e. The third-order valence-corrected chi connectivity index (χ3v) is 3.33. The normalized spacial score (nSPS) is 17.8. The number of ether oxygens (including phenoxy) is 1. The van der Waals surface area contributed by atoms with Crippen molar-refractivity contribution in [1.29, 1.82) is 0 Å². The van der Waals surface area contributed by atoms with E-state index in [2.05, 4.69) is 15.9 Å². The molecule has 1 aromatic rings. The van der Waals surface area contributed by atoms with Crippen molar-refractivity contribution < 1.29 is 24.1 Å². The summed E-state index contributed by atoms with van der Waals surface area (Å²) in [6, 6.07) is 1.94. The van der Waals surface area contributed by atoms with Crippen LogP contribution in [-0.2, 0) is 15.7 Å². The maximum Gasteiger partial charge on any atom is 0.416 e. The first-order valence-corrected chi connectivity index (χ1v) is 6.57. The Bertz CT molecular complexity index is 541. The molecular weight excluding hydrogens is 325 g/mol. The molecule has 6 heteroatoms. The molecule has 0 heterocycles. The summed E-state index contributed by atoms with van der Waals surface area (Å²) in [5.41, 5.74) is -1.26. The fourth-order valence-corrected chi connectivity index (χ4v) is 2.04.